The Bertz CT molecular complexity index is 267. The first-order valence-corrected chi connectivity index (χ1v) is 4.82. The molecule has 1 heteroatoms. The minimum absolute atomic E-state index is 1.17. The van der Waals surface area contributed by atoms with Gasteiger partial charge >= 0.3 is 0 Å². The molecule has 0 radical (unpaired) electrons. The molecule has 1 aromatic carbocycles. The van der Waals surface area contributed by atoms with Crippen LogP contribution in [0.15, 0.2) is 74.3 Å². The summed E-state index contributed by atoms with van der Waals surface area (Å²) < 4.78 is 0. The lowest BCUT2D eigenvalue weighted by Gasteiger charge is -1.85. The molecule has 15 heavy (non-hydrogen) atoms. The van der Waals surface area contributed by atoms with Crippen LogP contribution in [0, 0.1) is 0 Å². The Balaban J connectivity index is 0. The molecule has 80 valence electrons. The first-order valence-electron chi connectivity index (χ1n) is 4.38. The molecular formula is C14H17Cl. The van der Waals surface area contributed by atoms with E-state index in [0.717, 1.165) is 0 Å². The SMILES string of the molecule is C=CC=C.C=CCl.C=Cc1ccccc1. The second kappa shape index (κ2) is 15.0. The number of hydrogen-bond donors (Lipinski definition) is 0. The lowest BCUT2D eigenvalue weighted by molar-refractivity contribution is 1.67. The Morgan fingerprint density at radius 3 is 1.47 bits per heavy atom. The van der Waals surface area contributed by atoms with Gasteiger partial charge in [-0.15, -0.1) is 0 Å². The zero-order valence-electron chi connectivity index (χ0n) is 8.90. The van der Waals surface area contributed by atoms with Gasteiger partial charge in [0.2, 0.25) is 0 Å². The maximum Gasteiger partial charge on any atom is -0.00296 e. The minimum Gasteiger partial charge on any atom is -0.0991 e. The average Bonchev–Trinajstić information content (AvgIpc) is 2.31. The van der Waals surface area contributed by atoms with E-state index in [2.05, 4.69) is 26.3 Å². The summed E-state index contributed by atoms with van der Waals surface area (Å²) >= 11 is 4.76. The molecule has 1 aromatic rings. The number of allylic oxidation sites excluding steroid dienone is 2. The second-order valence-electron chi connectivity index (χ2n) is 2.24. The van der Waals surface area contributed by atoms with Gasteiger partial charge in [-0.3, -0.25) is 0 Å². The lowest BCUT2D eigenvalue weighted by atomic mass is 10.2. The van der Waals surface area contributed by atoms with Crippen molar-refractivity contribution in [3.8, 4) is 0 Å². The van der Waals surface area contributed by atoms with Gasteiger partial charge in [0.25, 0.3) is 0 Å². The van der Waals surface area contributed by atoms with Gasteiger partial charge in [-0.25, -0.2) is 0 Å². The Kier molecular flexibility index (Phi) is 15.9. The van der Waals surface area contributed by atoms with Crippen LogP contribution in [-0.2, 0) is 0 Å². The van der Waals surface area contributed by atoms with Crippen molar-refractivity contribution >= 4 is 17.7 Å². The molecule has 0 fully saturated rings. The van der Waals surface area contributed by atoms with Crippen LogP contribution in [0.3, 0.4) is 0 Å². The maximum atomic E-state index is 4.76. The van der Waals surface area contributed by atoms with Crippen molar-refractivity contribution in [2.45, 2.75) is 0 Å². The molecule has 0 unspecified atom stereocenters. The van der Waals surface area contributed by atoms with Crippen LogP contribution >= 0.6 is 11.6 Å². The van der Waals surface area contributed by atoms with Gasteiger partial charge in [0.05, 0.1) is 0 Å². The van der Waals surface area contributed by atoms with Gasteiger partial charge in [0.1, 0.15) is 0 Å². The fraction of sp³-hybridized carbons (Fsp3) is 0. The molecule has 0 bridgehead atoms. The van der Waals surface area contributed by atoms with Crippen molar-refractivity contribution in [2.24, 2.45) is 0 Å². The van der Waals surface area contributed by atoms with Crippen LogP contribution in [0.4, 0.5) is 0 Å². The van der Waals surface area contributed by atoms with Crippen LogP contribution in [0.25, 0.3) is 6.08 Å². The molecule has 0 amide bonds. The van der Waals surface area contributed by atoms with Crippen molar-refractivity contribution in [1.82, 2.24) is 0 Å². The number of halogens is 1. The predicted molar refractivity (Wildman–Crippen MR) is 73.0 cm³/mol. The topological polar surface area (TPSA) is 0 Å². The zero-order valence-corrected chi connectivity index (χ0v) is 9.66. The summed E-state index contributed by atoms with van der Waals surface area (Å²) in [6, 6.07) is 10.0. The van der Waals surface area contributed by atoms with Crippen LogP contribution in [-0.4, -0.2) is 0 Å². The van der Waals surface area contributed by atoms with Crippen molar-refractivity contribution in [1.29, 1.82) is 0 Å². The van der Waals surface area contributed by atoms with Gasteiger partial charge in [0, 0.05) is 0 Å². The van der Waals surface area contributed by atoms with Gasteiger partial charge in [-0.05, 0) is 11.1 Å². The molecule has 0 spiro atoms. The second-order valence-corrected chi connectivity index (χ2v) is 2.55. The molecule has 0 nitrogen and oxygen atoms in total. The average molecular weight is 221 g/mol. The van der Waals surface area contributed by atoms with E-state index in [-0.39, 0.29) is 0 Å². The van der Waals surface area contributed by atoms with E-state index in [1.165, 1.54) is 11.1 Å². The highest BCUT2D eigenvalue weighted by atomic mass is 35.5. The van der Waals surface area contributed by atoms with Gasteiger partial charge < -0.3 is 0 Å². The van der Waals surface area contributed by atoms with E-state index in [0.29, 0.717) is 0 Å². The number of benzene rings is 1. The Hall–Kier alpha value is -1.53. The molecule has 0 saturated heterocycles. The molecule has 1 rings (SSSR count). The highest BCUT2D eigenvalue weighted by molar-refractivity contribution is 6.25. The summed E-state index contributed by atoms with van der Waals surface area (Å²) in [5, 5.41) is 0. The number of rotatable bonds is 2. The minimum atomic E-state index is 1.17. The summed E-state index contributed by atoms with van der Waals surface area (Å²) in [6.07, 6.45) is 5.11. The van der Waals surface area contributed by atoms with Crippen LogP contribution in [0.5, 0.6) is 0 Å². The van der Waals surface area contributed by atoms with Crippen molar-refractivity contribution in [3.05, 3.63) is 79.9 Å². The highest BCUT2D eigenvalue weighted by Gasteiger charge is 1.75. The molecule has 0 aliphatic rings. The monoisotopic (exact) mass is 220 g/mol. The first kappa shape index (κ1) is 15.9. The quantitative estimate of drug-likeness (QED) is 0.612. The third kappa shape index (κ3) is 15.2. The maximum absolute atomic E-state index is 4.76. The molecule has 0 saturated carbocycles. The normalized spacial score (nSPS) is 6.73. The summed E-state index contributed by atoms with van der Waals surface area (Å²) in [5.74, 6) is 0. The van der Waals surface area contributed by atoms with E-state index in [9.17, 15) is 0 Å². The third-order valence-electron chi connectivity index (χ3n) is 1.20. The van der Waals surface area contributed by atoms with E-state index in [4.69, 9.17) is 11.6 Å². The van der Waals surface area contributed by atoms with Crippen molar-refractivity contribution in [2.75, 3.05) is 0 Å². The third-order valence-corrected chi connectivity index (χ3v) is 1.20. The highest BCUT2D eigenvalue weighted by Crippen LogP contribution is 1.97. The summed E-state index contributed by atoms with van der Waals surface area (Å²) in [4.78, 5) is 0. The fourth-order valence-corrected chi connectivity index (χ4v) is 0.589. The molecule has 0 N–H and O–H groups in total. The molecular weight excluding hydrogens is 204 g/mol. The van der Waals surface area contributed by atoms with Crippen LogP contribution < -0.4 is 0 Å². The lowest BCUT2D eigenvalue weighted by Crippen LogP contribution is -1.63. The molecule has 0 aliphatic carbocycles. The van der Waals surface area contributed by atoms with E-state index < -0.39 is 0 Å². The van der Waals surface area contributed by atoms with Crippen LogP contribution in [0.2, 0.25) is 0 Å². The first-order chi connectivity index (χ1) is 7.26. The smallest absolute Gasteiger partial charge is 0.00296 e. The standard InChI is InChI=1S/C8H8.C4H6.C2H3Cl/c1-2-8-6-4-3-5-7-8;1-3-4-2;1-2-3/h2-7H,1H2;3-4H,1-2H2;2H,1H2. The molecule has 0 heterocycles. The van der Waals surface area contributed by atoms with Gasteiger partial charge in [-0.2, -0.15) is 0 Å². The molecule has 0 aromatic heterocycles. The van der Waals surface area contributed by atoms with E-state index >= 15 is 0 Å². The molecule has 0 atom stereocenters. The predicted octanol–water partition coefficient (Wildman–Crippen LogP) is 5.06. The van der Waals surface area contributed by atoms with E-state index in [1.54, 1.807) is 12.2 Å². The Labute approximate surface area is 97.9 Å². The summed E-state index contributed by atoms with van der Waals surface area (Å²) in [7, 11) is 0. The van der Waals surface area contributed by atoms with Crippen molar-refractivity contribution < 1.29 is 0 Å². The number of hydrogen-bond acceptors (Lipinski definition) is 0. The molecule has 0 aliphatic heterocycles. The van der Waals surface area contributed by atoms with E-state index in [1.807, 2.05) is 36.4 Å². The fourth-order valence-electron chi connectivity index (χ4n) is 0.589. The van der Waals surface area contributed by atoms with Crippen molar-refractivity contribution in [3.63, 3.8) is 0 Å². The van der Waals surface area contributed by atoms with Crippen LogP contribution in [0.1, 0.15) is 5.56 Å². The Morgan fingerprint density at radius 2 is 1.27 bits per heavy atom. The van der Waals surface area contributed by atoms with Gasteiger partial charge in [-0.1, -0.05) is 86.5 Å². The summed E-state index contributed by atoms with van der Waals surface area (Å²) in [5.41, 5.74) is 2.40. The van der Waals surface area contributed by atoms with Gasteiger partial charge in [0.15, 0.2) is 0 Å². The zero-order chi connectivity index (χ0) is 11.9. The largest absolute Gasteiger partial charge is 0.0991 e. The Morgan fingerprint density at radius 1 is 0.867 bits per heavy atom. The summed E-state index contributed by atoms with van der Waals surface area (Å²) in [6.45, 7) is 13.5.